The van der Waals surface area contributed by atoms with Gasteiger partial charge in [0.05, 0.1) is 0 Å². The van der Waals surface area contributed by atoms with Gasteiger partial charge in [0.15, 0.2) is 0 Å². The lowest BCUT2D eigenvalue weighted by Gasteiger charge is -2.28. The molecule has 0 aromatic rings. The zero-order valence-electron chi connectivity index (χ0n) is 9.46. The van der Waals surface area contributed by atoms with Crippen molar-refractivity contribution in [2.24, 2.45) is 0 Å². The molecule has 86 valence electrons. The summed E-state index contributed by atoms with van der Waals surface area (Å²) in [6, 6.07) is 1.11. The summed E-state index contributed by atoms with van der Waals surface area (Å²) in [7, 11) is 0. The van der Waals surface area contributed by atoms with Gasteiger partial charge in [-0.15, -0.1) is 0 Å². The molecule has 0 radical (unpaired) electrons. The van der Waals surface area contributed by atoms with E-state index in [1.54, 1.807) is 0 Å². The Morgan fingerprint density at radius 3 is 3.13 bits per heavy atom. The maximum absolute atomic E-state index is 11.3. The van der Waals surface area contributed by atoms with Crippen LogP contribution in [0.15, 0.2) is 0 Å². The van der Waals surface area contributed by atoms with E-state index in [1.807, 2.05) is 0 Å². The van der Waals surface area contributed by atoms with E-state index in [0.29, 0.717) is 18.5 Å². The number of hydrogen-bond donors (Lipinski definition) is 2. The van der Waals surface area contributed by atoms with Gasteiger partial charge in [-0.1, -0.05) is 0 Å². The summed E-state index contributed by atoms with van der Waals surface area (Å²) in [5, 5.41) is 6.46. The first-order valence-corrected chi connectivity index (χ1v) is 6.00. The number of rotatable bonds is 2. The molecule has 4 nitrogen and oxygen atoms in total. The van der Waals surface area contributed by atoms with Crippen LogP contribution in [0.4, 0.5) is 0 Å². The van der Waals surface area contributed by atoms with Gasteiger partial charge >= 0.3 is 0 Å². The fourth-order valence-corrected chi connectivity index (χ4v) is 2.41. The fourth-order valence-electron chi connectivity index (χ4n) is 2.41. The van der Waals surface area contributed by atoms with Gasteiger partial charge in [-0.2, -0.15) is 0 Å². The lowest BCUT2D eigenvalue weighted by molar-refractivity contribution is -0.120. The average Bonchev–Trinajstić information content (AvgIpc) is 2.67. The second-order valence-corrected chi connectivity index (χ2v) is 4.69. The van der Waals surface area contributed by atoms with Crippen molar-refractivity contribution >= 4 is 5.91 Å². The second kappa shape index (κ2) is 4.94. The standard InChI is InChI=1S/C11H21N3O/c1-9-7-13-11(15)4-6-14(9)8-10-3-2-5-12-10/h9-10,12H,2-8H2,1H3,(H,13,15). The molecule has 0 spiro atoms. The number of amides is 1. The van der Waals surface area contributed by atoms with E-state index < -0.39 is 0 Å². The monoisotopic (exact) mass is 211 g/mol. The van der Waals surface area contributed by atoms with E-state index in [0.717, 1.165) is 26.2 Å². The molecule has 2 N–H and O–H groups in total. The number of nitrogens with zero attached hydrogens (tertiary/aromatic N) is 1. The predicted octanol–water partition coefficient (Wildman–Crippen LogP) is -0.0512. The molecular formula is C11H21N3O. The third-order valence-electron chi connectivity index (χ3n) is 3.46. The Balaban J connectivity index is 1.85. The summed E-state index contributed by atoms with van der Waals surface area (Å²) < 4.78 is 0. The minimum atomic E-state index is 0.198. The Morgan fingerprint density at radius 1 is 1.53 bits per heavy atom. The van der Waals surface area contributed by atoms with Crippen LogP contribution < -0.4 is 10.6 Å². The van der Waals surface area contributed by atoms with E-state index in [1.165, 1.54) is 12.8 Å². The van der Waals surface area contributed by atoms with Crippen molar-refractivity contribution < 1.29 is 4.79 Å². The van der Waals surface area contributed by atoms with Crippen LogP contribution in [0.25, 0.3) is 0 Å². The Hall–Kier alpha value is -0.610. The van der Waals surface area contributed by atoms with Crippen molar-refractivity contribution in [2.45, 2.75) is 38.3 Å². The van der Waals surface area contributed by atoms with Crippen LogP contribution in [0.3, 0.4) is 0 Å². The zero-order valence-corrected chi connectivity index (χ0v) is 9.46. The van der Waals surface area contributed by atoms with Gasteiger partial charge in [0.1, 0.15) is 0 Å². The summed E-state index contributed by atoms with van der Waals surface area (Å²) in [5.74, 6) is 0.198. The lowest BCUT2D eigenvalue weighted by Crippen LogP contribution is -2.44. The highest BCUT2D eigenvalue weighted by molar-refractivity contribution is 5.76. The van der Waals surface area contributed by atoms with Gasteiger partial charge in [-0.05, 0) is 26.3 Å². The van der Waals surface area contributed by atoms with Gasteiger partial charge < -0.3 is 10.6 Å². The average molecular weight is 211 g/mol. The van der Waals surface area contributed by atoms with Crippen LogP contribution in [-0.4, -0.2) is 49.1 Å². The Labute approximate surface area is 91.4 Å². The lowest BCUT2D eigenvalue weighted by atomic mass is 10.2. The number of carbonyl (C=O) groups excluding carboxylic acids is 1. The number of hydrogen-bond acceptors (Lipinski definition) is 3. The first kappa shape index (κ1) is 10.9. The third-order valence-corrected chi connectivity index (χ3v) is 3.46. The van der Waals surface area contributed by atoms with Gasteiger partial charge in [-0.25, -0.2) is 0 Å². The van der Waals surface area contributed by atoms with Crippen molar-refractivity contribution in [3.05, 3.63) is 0 Å². The molecule has 2 rings (SSSR count). The highest BCUT2D eigenvalue weighted by Crippen LogP contribution is 2.11. The molecule has 0 saturated carbocycles. The molecule has 0 bridgehead atoms. The van der Waals surface area contributed by atoms with Crippen molar-refractivity contribution in [1.82, 2.24) is 15.5 Å². The van der Waals surface area contributed by atoms with Crippen LogP contribution in [0, 0.1) is 0 Å². The molecule has 2 aliphatic heterocycles. The molecule has 2 heterocycles. The van der Waals surface area contributed by atoms with Crippen LogP contribution >= 0.6 is 0 Å². The second-order valence-electron chi connectivity index (χ2n) is 4.69. The van der Waals surface area contributed by atoms with Gasteiger partial charge in [0.2, 0.25) is 5.91 Å². The minimum absolute atomic E-state index is 0.198. The number of carbonyl (C=O) groups is 1. The highest BCUT2D eigenvalue weighted by atomic mass is 16.1. The quantitative estimate of drug-likeness (QED) is 0.673. The molecule has 2 fully saturated rings. The molecule has 2 atom stereocenters. The SMILES string of the molecule is CC1CNC(=O)CCN1CC1CCCN1. The molecule has 1 amide bonds. The van der Waals surface area contributed by atoms with Crippen molar-refractivity contribution in [2.75, 3.05) is 26.2 Å². The maximum atomic E-state index is 11.3. The van der Waals surface area contributed by atoms with Crippen LogP contribution in [-0.2, 0) is 4.79 Å². The molecule has 2 saturated heterocycles. The van der Waals surface area contributed by atoms with Gasteiger partial charge in [0, 0.05) is 38.1 Å². The molecular weight excluding hydrogens is 190 g/mol. The van der Waals surface area contributed by atoms with E-state index in [4.69, 9.17) is 0 Å². The third kappa shape index (κ3) is 2.92. The van der Waals surface area contributed by atoms with Crippen molar-refractivity contribution in [1.29, 1.82) is 0 Å². The molecule has 4 heteroatoms. The molecule has 2 aliphatic rings. The fraction of sp³-hybridized carbons (Fsp3) is 0.909. The first-order valence-electron chi connectivity index (χ1n) is 6.00. The maximum Gasteiger partial charge on any atom is 0.221 e. The Morgan fingerprint density at radius 2 is 2.40 bits per heavy atom. The molecule has 0 aliphatic carbocycles. The molecule has 15 heavy (non-hydrogen) atoms. The van der Waals surface area contributed by atoms with E-state index in [2.05, 4.69) is 22.5 Å². The summed E-state index contributed by atoms with van der Waals surface area (Å²) in [6.45, 7) is 6.15. The largest absolute Gasteiger partial charge is 0.355 e. The van der Waals surface area contributed by atoms with E-state index >= 15 is 0 Å². The predicted molar refractivity (Wildman–Crippen MR) is 59.7 cm³/mol. The topological polar surface area (TPSA) is 44.4 Å². The van der Waals surface area contributed by atoms with E-state index in [9.17, 15) is 4.79 Å². The number of nitrogens with one attached hydrogen (secondary N) is 2. The minimum Gasteiger partial charge on any atom is -0.355 e. The molecule has 2 unspecified atom stereocenters. The van der Waals surface area contributed by atoms with Crippen LogP contribution in [0.1, 0.15) is 26.2 Å². The smallest absolute Gasteiger partial charge is 0.221 e. The van der Waals surface area contributed by atoms with Crippen molar-refractivity contribution in [3.63, 3.8) is 0 Å². The van der Waals surface area contributed by atoms with Gasteiger partial charge in [-0.3, -0.25) is 9.69 Å². The van der Waals surface area contributed by atoms with Crippen LogP contribution in [0.2, 0.25) is 0 Å². The van der Waals surface area contributed by atoms with Crippen LogP contribution in [0.5, 0.6) is 0 Å². The highest BCUT2D eigenvalue weighted by Gasteiger charge is 2.24. The summed E-state index contributed by atoms with van der Waals surface area (Å²) in [5.41, 5.74) is 0. The normalized spacial score (nSPS) is 33.8. The Bertz CT molecular complexity index is 226. The summed E-state index contributed by atoms with van der Waals surface area (Å²) in [6.07, 6.45) is 3.23. The summed E-state index contributed by atoms with van der Waals surface area (Å²) in [4.78, 5) is 13.7. The van der Waals surface area contributed by atoms with E-state index in [-0.39, 0.29) is 5.91 Å². The first-order chi connectivity index (χ1) is 7.25. The zero-order chi connectivity index (χ0) is 10.7. The Kier molecular flexibility index (Phi) is 3.59. The van der Waals surface area contributed by atoms with Gasteiger partial charge in [0.25, 0.3) is 0 Å². The molecule has 0 aromatic carbocycles. The van der Waals surface area contributed by atoms with Crippen molar-refractivity contribution in [3.8, 4) is 0 Å². The summed E-state index contributed by atoms with van der Waals surface area (Å²) >= 11 is 0. The molecule has 0 aromatic heterocycles.